The van der Waals surface area contributed by atoms with E-state index >= 15 is 0 Å². The van der Waals surface area contributed by atoms with Crippen LogP contribution < -0.4 is 4.74 Å². The van der Waals surface area contributed by atoms with E-state index in [1.54, 1.807) is 0 Å². The van der Waals surface area contributed by atoms with E-state index in [0.29, 0.717) is 35.0 Å². The molecule has 7 nitrogen and oxygen atoms in total. The molecule has 2 unspecified atom stereocenters. The lowest BCUT2D eigenvalue weighted by molar-refractivity contribution is -0.120. The number of likely N-dealkylation sites (tertiary alicyclic amines) is 1. The van der Waals surface area contributed by atoms with Gasteiger partial charge in [-0.3, -0.25) is 14.3 Å². The normalized spacial score (nSPS) is 23.2. The van der Waals surface area contributed by atoms with Gasteiger partial charge >= 0.3 is 5.91 Å². The summed E-state index contributed by atoms with van der Waals surface area (Å²) in [4.78, 5) is 15.0. The monoisotopic (exact) mass is 566 g/mol. The summed E-state index contributed by atoms with van der Waals surface area (Å²) in [6, 6.07) is 12.0. The zero-order valence-electron chi connectivity index (χ0n) is 22.2. The zero-order chi connectivity index (χ0) is 26.5. The number of carbonyl (C=O) groups excluding carboxylic acids is 1. The fourth-order valence-electron chi connectivity index (χ4n) is 6.62. The maximum Gasteiger partial charge on any atom is 0.302 e. The van der Waals surface area contributed by atoms with Gasteiger partial charge in [-0.1, -0.05) is 48.8 Å². The molecular formula is C29H35BrN4O3. The van der Waals surface area contributed by atoms with Crippen LogP contribution in [0.4, 0.5) is 5.69 Å². The Balaban J connectivity index is 1.39. The lowest BCUT2D eigenvalue weighted by Gasteiger charge is -2.40. The third kappa shape index (κ3) is 5.18. The van der Waals surface area contributed by atoms with Crippen molar-refractivity contribution in [3.05, 3.63) is 52.0 Å². The van der Waals surface area contributed by atoms with E-state index in [1.165, 1.54) is 12.8 Å². The Morgan fingerprint density at radius 1 is 1.19 bits per heavy atom. The minimum Gasteiger partial charge on any atom is -0.493 e. The minimum absolute atomic E-state index is 0.0194. The largest absolute Gasteiger partial charge is 0.493 e. The number of aryl methyl sites for hydroxylation is 1. The first-order chi connectivity index (χ1) is 17.4. The highest BCUT2D eigenvalue weighted by atomic mass is 79.9. The van der Waals surface area contributed by atoms with Gasteiger partial charge in [0.1, 0.15) is 5.75 Å². The quantitative estimate of drug-likeness (QED) is 0.318. The van der Waals surface area contributed by atoms with Crippen molar-refractivity contribution in [2.24, 2.45) is 21.1 Å². The van der Waals surface area contributed by atoms with Crippen LogP contribution in [0.3, 0.4) is 0 Å². The minimum atomic E-state index is -0.514. The van der Waals surface area contributed by atoms with Crippen LogP contribution in [0.1, 0.15) is 51.2 Å². The third-order valence-corrected chi connectivity index (χ3v) is 8.48. The predicted octanol–water partition coefficient (Wildman–Crippen LogP) is 7.27. The van der Waals surface area contributed by atoms with Crippen molar-refractivity contribution in [1.82, 2.24) is 9.47 Å². The van der Waals surface area contributed by atoms with Crippen LogP contribution in [-0.4, -0.2) is 39.7 Å². The number of aromatic hydroxyl groups is 1. The summed E-state index contributed by atoms with van der Waals surface area (Å²) in [6.07, 6.45) is 3.54. The molecule has 1 aliphatic carbocycles. The maximum absolute atomic E-state index is 12.5. The highest BCUT2D eigenvalue weighted by Gasteiger charge is 2.49. The van der Waals surface area contributed by atoms with Crippen molar-refractivity contribution in [1.29, 1.82) is 0 Å². The molecule has 0 spiro atoms. The maximum atomic E-state index is 12.5. The second kappa shape index (κ2) is 9.55. The topological polar surface area (TPSA) is 79.4 Å². The van der Waals surface area contributed by atoms with Gasteiger partial charge in [-0.05, 0) is 79.3 Å². The molecule has 1 N–H and O–H groups in total. The van der Waals surface area contributed by atoms with Gasteiger partial charge in [-0.2, -0.15) is 0 Å². The molecule has 2 bridgehead atoms. The van der Waals surface area contributed by atoms with E-state index in [0.717, 1.165) is 39.5 Å². The van der Waals surface area contributed by atoms with Gasteiger partial charge in [0, 0.05) is 22.4 Å². The van der Waals surface area contributed by atoms with Crippen molar-refractivity contribution >= 4 is 38.4 Å². The summed E-state index contributed by atoms with van der Waals surface area (Å²) in [5.74, 6) is 0.158. The number of fused-ring (bicyclic) bond motifs is 3. The standard InChI is InChI=1S/C29H35BrN4O3/c1-18-7-6-8-24(19(18)2)37-14-25(35)31-32-26-22-11-20(30)9-10-23(22)34(27(26)36)17-33-16-29(5)13-21(33)12-28(3,4)15-29/h6-11,21,36H,12-17H2,1-5H3. The van der Waals surface area contributed by atoms with Crippen LogP contribution in [0.15, 0.2) is 51.1 Å². The number of amides is 1. The molecule has 0 radical (unpaired) electrons. The molecule has 3 aromatic rings. The molecule has 1 saturated heterocycles. The third-order valence-electron chi connectivity index (χ3n) is 7.99. The van der Waals surface area contributed by atoms with Gasteiger partial charge in [0.2, 0.25) is 5.88 Å². The Labute approximate surface area is 226 Å². The summed E-state index contributed by atoms with van der Waals surface area (Å²) in [5.41, 5.74) is 3.84. The molecule has 1 aromatic heterocycles. The van der Waals surface area contributed by atoms with Gasteiger partial charge in [0.05, 0.1) is 12.2 Å². The number of azo groups is 1. The molecule has 2 fully saturated rings. The van der Waals surface area contributed by atoms with Crippen LogP contribution in [0, 0.1) is 24.7 Å². The Hall–Kier alpha value is -2.71. The van der Waals surface area contributed by atoms with E-state index in [4.69, 9.17) is 4.74 Å². The molecule has 1 aliphatic heterocycles. The number of benzene rings is 2. The lowest BCUT2D eigenvalue weighted by Crippen LogP contribution is -2.35. The first-order valence-corrected chi connectivity index (χ1v) is 13.6. The molecule has 2 aliphatic rings. The molecule has 2 atom stereocenters. The second-order valence-electron chi connectivity index (χ2n) is 11.9. The lowest BCUT2D eigenvalue weighted by atomic mass is 9.65. The van der Waals surface area contributed by atoms with E-state index in [2.05, 4.69) is 51.8 Å². The van der Waals surface area contributed by atoms with Crippen LogP contribution in [0.25, 0.3) is 10.9 Å². The van der Waals surface area contributed by atoms with Gasteiger partial charge < -0.3 is 9.84 Å². The summed E-state index contributed by atoms with van der Waals surface area (Å²) in [7, 11) is 0. The molecule has 8 heteroatoms. The van der Waals surface area contributed by atoms with E-state index in [-0.39, 0.29) is 12.5 Å². The SMILES string of the molecule is Cc1cccc(OCC(=O)N=Nc2c(O)n(CN3CC4(C)CC3CC(C)(C)C4)c3ccc(Br)cc23)c1C. The smallest absolute Gasteiger partial charge is 0.302 e. The average Bonchev–Trinajstić information content (AvgIpc) is 3.21. The molecule has 196 valence electrons. The van der Waals surface area contributed by atoms with Crippen LogP contribution in [0.5, 0.6) is 11.6 Å². The number of hydrogen-bond donors (Lipinski definition) is 1. The van der Waals surface area contributed by atoms with Gasteiger partial charge in [-0.25, -0.2) is 0 Å². The number of ether oxygens (including phenoxy) is 1. The van der Waals surface area contributed by atoms with Crippen molar-refractivity contribution in [3.8, 4) is 11.6 Å². The van der Waals surface area contributed by atoms with E-state index in [9.17, 15) is 9.90 Å². The Morgan fingerprint density at radius 3 is 2.76 bits per heavy atom. The predicted molar refractivity (Wildman–Crippen MR) is 148 cm³/mol. The van der Waals surface area contributed by atoms with Crippen molar-refractivity contribution in [2.75, 3.05) is 13.2 Å². The number of aromatic nitrogens is 1. The summed E-state index contributed by atoms with van der Waals surface area (Å²) in [5, 5.41) is 20.1. The van der Waals surface area contributed by atoms with Crippen LogP contribution >= 0.6 is 15.9 Å². The van der Waals surface area contributed by atoms with Crippen molar-refractivity contribution < 1.29 is 14.6 Å². The summed E-state index contributed by atoms with van der Waals surface area (Å²) >= 11 is 3.53. The molecule has 37 heavy (non-hydrogen) atoms. The Kier molecular flexibility index (Phi) is 6.69. The van der Waals surface area contributed by atoms with Gasteiger partial charge in [0.25, 0.3) is 0 Å². The fourth-order valence-corrected chi connectivity index (χ4v) is 6.98. The summed E-state index contributed by atoms with van der Waals surface area (Å²) < 4.78 is 8.44. The van der Waals surface area contributed by atoms with E-state index < -0.39 is 5.91 Å². The fraction of sp³-hybridized carbons (Fsp3) is 0.483. The van der Waals surface area contributed by atoms with Gasteiger partial charge in [-0.15, -0.1) is 10.2 Å². The molecule has 1 amide bonds. The zero-order valence-corrected chi connectivity index (χ0v) is 23.8. The Bertz CT molecular complexity index is 1400. The number of hydrogen-bond acceptors (Lipinski definition) is 5. The first kappa shape index (κ1) is 25.9. The molecule has 5 rings (SSSR count). The number of rotatable bonds is 6. The van der Waals surface area contributed by atoms with Crippen LogP contribution in [-0.2, 0) is 11.5 Å². The molecule has 1 saturated carbocycles. The highest BCUT2D eigenvalue weighted by Crippen LogP contribution is 2.53. The number of carbonyl (C=O) groups is 1. The van der Waals surface area contributed by atoms with E-state index in [1.807, 2.05) is 54.8 Å². The number of halogens is 1. The second-order valence-corrected chi connectivity index (χ2v) is 12.9. The van der Waals surface area contributed by atoms with Crippen LogP contribution in [0.2, 0.25) is 0 Å². The van der Waals surface area contributed by atoms with Gasteiger partial charge in [0.15, 0.2) is 12.3 Å². The first-order valence-electron chi connectivity index (χ1n) is 12.8. The highest BCUT2D eigenvalue weighted by molar-refractivity contribution is 9.10. The summed E-state index contributed by atoms with van der Waals surface area (Å²) in [6.45, 7) is 12.4. The van der Waals surface area contributed by atoms with Crippen molar-refractivity contribution in [2.45, 2.75) is 66.6 Å². The molecule has 2 heterocycles. The average molecular weight is 568 g/mol. The Morgan fingerprint density at radius 2 is 1.97 bits per heavy atom. The van der Waals surface area contributed by atoms with Crippen molar-refractivity contribution in [3.63, 3.8) is 0 Å². The molecule has 2 aromatic carbocycles. The number of nitrogens with zero attached hydrogens (tertiary/aromatic N) is 4. The molecular weight excluding hydrogens is 532 g/mol.